The molecule has 3 nitrogen and oxygen atoms in total. The van der Waals surface area contributed by atoms with Crippen molar-refractivity contribution in [1.29, 1.82) is 0 Å². The van der Waals surface area contributed by atoms with Gasteiger partial charge in [0.05, 0.1) is 0 Å². The Morgan fingerprint density at radius 2 is 2.20 bits per heavy atom. The number of nitrogens with two attached hydrogens (primary N) is 1. The molecular formula is C7H9N2O+. The largest absolute Gasteiger partial charge is 0.399 e. The molecule has 3 heteroatoms. The average Bonchev–Trinajstić information content (AvgIpc) is 1.88. The summed E-state index contributed by atoms with van der Waals surface area (Å²) in [5.41, 5.74) is 7.58. The van der Waals surface area contributed by atoms with Gasteiger partial charge in [0.25, 0.3) is 5.69 Å². The Morgan fingerprint density at radius 3 is 2.70 bits per heavy atom. The van der Waals surface area contributed by atoms with Crippen molar-refractivity contribution in [3.63, 3.8) is 0 Å². The van der Waals surface area contributed by atoms with Gasteiger partial charge in [0, 0.05) is 27.4 Å². The quantitative estimate of drug-likeness (QED) is 0.537. The number of hydrogen-bond donors (Lipinski definition) is 2. The van der Waals surface area contributed by atoms with Crippen LogP contribution in [0.4, 0.5) is 11.4 Å². The van der Waals surface area contributed by atoms with Crippen molar-refractivity contribution in [2.45, 2.75) is 6.92 Å². The minimum atomic E-state index is 0.578. The number of nitroso groups, excluding NO2 is 1. The normalized spacial score (nSPS) is 9.30. The number of benzene rings is 1. The number of hydrogen-bond acceptors (Lipinski definition) is 2. The van der Waals surface area contributed by atoms with E-state index in [9.17, 15) is 4.91 Å². The molecule has 0 unspecified atom stereocenters. The Balaban J connectivity index is 3.19. The van der Waals surface area contributed by atoms with Gasteiger partial charge in [-0.05, 0) is 19.1 Å². The summed E-state index contributed by atoms with van der Waals surface area (Å²) in [6.45, 7) is 1.83. The van der Waals surface area contributed by atoms with Crippen LogP contribution in [0.25, 0.3) is 0 Å². The van der Waals surface area contributed by atoms with Gasteiger partial charge >= 0.3 is 0 Å². The summed E-state index contributed by atoms with van der Waals surface area (Å²) < 4.78 is 0. The second-order valence-electron chi connectivity index (χ2n) is 2.18. The van der Waals surface area contributed by atoms with Crippen LogP contribution in [0, 0.1) is 11.8 Å². The van der Waals surface area contributed by atoms with E-state index >= 15 is 0 Å². The van der Waals surface area contributed by atoms with Gasteiger partial charge in [-0.3, -0.25) is 0 Å². The van der Waals surface area contributed by atoms with E-state index in [1.165, 1.54) is 0 Å². The van der Waals surface area contributed by atoms with Crippen LogP contribution in [0.5, 0.6) is 0 Å². The van der Waals surface area contributed by atoms with Crippen LogP contribution in [0.1, 0.15) is 5.56 Å². The maximum atomic E-state index is 10.2. The summed E-state index contributed by atoms with van der Waals surface area (Å²) in [6.07, 6.45) is 0. The molecule has 0 radical (unpaired) electrons. The van der Waals surface area contributed by atoms with Crippen LogP contribution in [0.2, 0.25) is 0 Å². The highest BCUT2D eigenvalue weighted by Gasteiger charge is 2.01. The molecule has 1 rings (SSSR count). The lowest BCUT2D eigenvalue weighted by Gasteiger charge is -1.92. The Hall–Kier alpha value is -1.38. The van der Waals surface area contributed by atoms with Crippen molar-refractivity contribution in [2.24, 2.45) is 0 Å². The standard InChI is InChI=1S/C7H8N2O/c1-5-4-6(8)2-3-7(5)9-10/h2-4H,8H2,1H3/p+1. The van der Waals surface area contributed by atoms with Crippen molar-refractivity contribution in [2.75, 3.05) is 5.73 Å². The van der Waals surface area contributed by atoms with Gasteiger partial charge in [-0.15, -0.1) is 0 Å². The maximum absolute atomic E-state index is 10.2. The highest BCUT2D eigenvalue weighted by Crippen LogP contribution is 2.11. The molecule has 0 fully saturated rings. The van der Waals surface area contributed by atoms with Crippen molar-refractivity contribution in [1.82, 2.24) is 0 Å². The molecule has 0 aliphatic rings. The molecular weight excluding hydrogens is 128 g/mol. The fraction of sp³-hybridized carbons (Fsp3) is 0.143. The van der Waals surface area contributed by atoms with Gasteiger partial charge in [-0.25, -0.2) is 0 Å². The monoisotopic (exact) mass is 137 g/mol. The van der Waals surface area contributed by atoms with E-state index in [0.29, 0.717) is 11.4 Å². The lowest BCUT2D eigenvalue weighted by molar-refractivity contribution is -0.380. The van der Waals surface area contributed by atoms with Crippen LogP contribution < -0.4 is 10.9 Å². The third-order valence-electron chi connectivity index (χ3n) is 1.36. The molecule has 1 aromatic carbocycles. The zero-order valence-electron chi connectivity index (χ0n) is 5.72. The van der Waals surface area contributed by atoms with Crippen LogP contribution in [-0.4, -0.2) is 0 Å². The summed E-state index contributed by atoms with van der Waals surface area (Å²) in [5, 5.41) is 1.82. The van der Waals surface area contributed by atoms with Gasteiger partial charge in [0.15, 0.2) is 0 Å². The third kappa shape index (κ3) is 1.13. The number of nitrogens with one attached hydrogen (secondary N) is 1. The van der Waals surface area contributed by atoms with E-state index in [4.69, 9.17) is 5.73 Å². The molecule has 0 spiro atoms. The van der Waals surface area contributed by atoms with E-state index in [2.05, 4.69) is 0 Å². The highest BCUT2D eigenvalue weighted by atomic mass is 16.3. The molecule has 0 aromatic heterocycles. The zero-order valence-corrected chi connectivity index (χ0v) is 5.72. The van der Waals surface area contributed by atoms with Crippen molar-refractivity contribution in [3.8, 4) is 0 Å². The van der Waals surface area contributed by atoms with Gasteiger partial charge in [0.2, 0.25) is 0 Å². The topological polar surface area (TPSA) is 57.1 Å². The fourth-order valence-corrected chi connectivity index (χ4v) is 0.801. The molecule has 0 amide bonds. The molecule has 1 aromatic rings. The third-order valence-corrected chi connectivity index (χ3v) is 1.36. The molecule has 0 saturated heterocycles. The second-order valence-corrected chi connectivity index (χ2v) is 2.18. The fourth-order valence-electron chi connectivity index (χ4n) is 0.801. The Morgan fingerprint density at radius 1 is 1.50 bits per heavy atom. The zero-order chi connectivity index (χ0) is 7.56. The van der Waals surface area contributed by atoms with Gasteiger partial charge in [-0.2, -0.15) is 0 Å². The summed E-state index contributed by atoms with van der Waals surface area (Å²) >= 11 is 0. The van der Waals surface area contributed by atoms with Gasteiger partial charge in [0.1, 0.15) is 0 Å². The molecule has 0 atom stereocenters. The number of anilines is 1. The van der Waals surface area contributed by atoms with Crippen LogP contribution in [0.15, 0.2) is 18.2 Å². The van der Waals surface area contributed by atoms with Crippen LogP contribution in [-0.2, 0) is 0 Å². The highest BCUT2D eigenvalue weighted by molar-refractivity contribution is 5.49. The van der Waals surface area contributed by atoms with Crippen LogP contribution >= 0.6 is 0 Å². The van der Waals surface area contributed by atoms with Gasteiger partial charge < -0.3 is 5.73 Å². The minimum absolute atomic E-state index is 0.578. The summed E-state index contributed by atoms with van der Waals surface area (Å²) in [4.78, 5) is 10.2. The maximum Gasteiger partial charge on any atom is 0.256 e. The Kier molecular flexibility index (Phi) is 1.67. The van der Waals surface area contributed by atoms with E-state index in [1.54, 1.807) is 18.2 Å². The van der Waals surface area contributed by atoms with Crippen molar-refractivity contribution < 1.29 is 5.18 Å². The molecule has 0 heterocycles. The first kappa shape index (κ1) is 6.74. The lowest BCUT2D eigenvalue weighted by atomic mass is 10.2. The first-order valence-corrected chi connectivity index (χ1v) is 2.98. The van der Waals surface area contributed by atoms with E-state index in [0.717, 1.165) is 5.56 Å². The van der Waals surface area contributed by atoms with E-state index in [-0.39, 0.29) is 0 Å². The average molecular weight is 137 g/mol. The predicted molar refractivity (Wildman–Crippen MR) is 39.6 cm³/mol. The van der Waals surface area contributed by atoms with E-state index < -0.39 is 0 Å². The Labute approximate surface area is 58.8 Å². The molecule has 0 aliphatic carbocycles. The molecule has 52 valence electrons. The first-order valence-electron chi connectivity index (χ1n) is 2.98. The van der Waals surface area contributed by atoms with Crippen LogP contribution in [0.3, 0.4) is 0 Å². The number of rotatable bonds is 1. The predicted octanol–water partition coefficient (Wildman–Crippen LogP) is 0.0557. The van der Waals surface area contributed by atoms with Crippen molar-refractivity contribution in [3.05, 3.63) is 28.7 Å². The molecule has 0 bridgehead atoms. The Bertz CT molecular complexity index is 258. The molecule has 0 saturated carbocycles. The van der Waals surface area contributed by atoms with E-state index in [1.807, 2.05) is 12.1 Å². The molecule has 10 heavy (non-hydrogen) atoms. The smallest absolute Gasteiger partial charge is 0.256 e. The number of nitrogen functional groups attached to an aromatic ring is 1. The summed E-state index contributed by atoms with van der Waals surface area (Å²) in [5.74, 6) is 0. The van der Waals surface area contributed by atoms with Gasteiger partial charge in [-0.1, -0.05) is 0 Å². The SMILES string of the molecule is Cc1cc(N)ccc1[NH+]=O. The second kappa shape index (κ2) is 2.47. The summed E-state index contributed by atoms with van der Waals surface area (Å²) in [7, 11) is 0. The molecule has 0 aliphatic heterocycles. The minimum Gasteiger partial charge on any atom is -0.399 e. The number of aryl methyl sites for hydroxylation is 1. The van der Waals surface area contributed by atoms with Crippen molar-refractivity contribution >= 4 is 11.4 Å². The molecule has 3 N–H and O–H groups in total. The lowest BCUT2D eigenvalue weighted by Crippen LogP contribution is -2.56. The summed E-state index contributed by atoms with van der Waals surface area (Å²) in [6, 6.07) is 5.10. The first-order chi connectivity index (χ1) is 4.74.